The van der Waals surface area contributed by atoms with Gasteiger partial charge in [0.15, 0.2) is 0 Å². The average Bonchev–Trinajstić information content (AvgIpc) is 2.18. The van der Waals surface area contributed by atoms with E-state index >= 15 is 0 Å². The number of hydrogen-bond acceptors (Lipinski definition) is 3. The van der Waals surface area contributed by atoms with Gasteiger partial charge in [-0.1, -0.05) is 0 Å². The van der Waals surface area contributed by atoms with Gasteiger partial charge in [-0.05, 0) is 26.9 Å². The lowest BCUT2D eigenvalue weighted by atomic mass is 10.2. The molecular formula is C10H22N4O. The van der Waals surface area contributed by atoms with Gasteiger partial charge in [0.05, 0.1) is 0 Å². The lowest BCUT2D eigenvalue weighted by molar-refractivity contribution is 0.152. The number of amides is 2. The Morgan fingerprint density at radius 3 is 2.53 bits per heavy atom. The summed E-state index contributed by atoms with van der Waals surface area (Å²) in [5.41, 5.74) is 5.43. The quantitative estimate of drug-likeness (QED) is 0.677. The summed E-state index contributed by atoms with van der Waals surface area (Å²) in [4.78, 5) is 15.8. The molecule has 5 nitrogen and oxygen atoms in total. The number of carbonyl (C=O) groups excluding carboxylic acids is 1. The molecule has 3 N–H and O–H groups in total. The Morgan fingerprint density at radius 1 is 1.40 bits per heavy atom. The van der Waals surface area contributed by atoms with Gasteiger partial charge in [-0.3, -0.25) is 0 Å². The van der Waals surface area contributed by atoms with Crippen LogP contribution in [0.25, 0.3) is 0 Å². The summed E-state index contributed by atoms with van der Waals surface area (Å²) >= 11 is 0. The first-order valence-corrected chi connectivity index (χ1v) is 5.57. The molecule has 0 spiro atoms. The molecule has 1 atom stereocenters. The first-order chi connectivity index (χ1) is 7.13. The molecular weight excluding hydrogens is 192 g/mol. The van der Waals surface area contributed by atoms with E-state index in [4.69, 9.17) is 5.73 Å². The molecule has 88 valence electrons. The van der Waals surface area contributed by atoms with Crippen molar-refractivity contribution in [2.45, 2.75) is 19.4 Å². The SMILES string of the molecule is CC(CCN)NC(=O)N1CCN(C)CC1. The Bertz CT molecular complexity index is 202. The minimum atomic E-state index is 0.0454. The van der Waals surface area contributed by atoms with Crippen LogP contribution in [0.1, 0.15) is 13.3 Å². The van der Waals surface area contributed by atoms with Crippen LogP contribution < -0.4 is 11.1 Å². The predicted octanol–water partition coefficient (Wildman–Crippen LogP) is -0.319. The maximum Gasteiger partial charge on any atom is 0.317 e. The molecule has 5 heteroatoms. The number of nitrogens with two attached hydrogens (primary N) is 1. The van der Waals surface area contributed by atoms with Gasteiger partial charge in [0, 0.05) is 32.2 Å². The van der Waals surface area contributed by atoms with E-state index in [1.165, 1.54) is 0 Å². The molecule has 0 saturated carbocycles. The van der Waals surface area contributed by atoms with E-state index in [0.717, 1.165) is 32.6 Å². The number of nitrogens with zero attached hydrogens (tertiary/aromatic N) is 2. The van der Waals surface area contributed by atoms with Crippen LogP contribution in [0.4, 0.5) is 4.79 Å². The highest BCUT2D eigenvalue weighted by atomic mass is 16.2. The van der Waals surface area contributed by atoms with Gasteiger partial charge in [0.1, 0.15) is 0 Å². The second kappa shape index (κ2) is 5.92. The topological polar surface area (TPSA) is 61.6 Å². The molecule has 0 aromatic heterocycles. The van der Waals surface area contributed by atoms with Gasteiger partial charge >= 0.3 is 6.03 Å². The number of nitrogens with one attached hydrogen (secondary N) is 1. The maximum atomic E-state index is 11.7. The molecule has 0 radical (unpaired) electrons. The zero-order chi connectivity index (χ0) is 11.3. The number of hydrogen-bond donors (Lipinski definition) is 2. The van der Waals surface area contributed by atoms with E-state index in [0.29, 0.717) is 6.54 Å². The summed E-state index contributed by atoms with van der Waals surface area (Å²) in [6, 6.07) is 0.214. The van der Waals surface area contributed by atoms with Crippen LogP contribution in [0.5, 0.6) is 0 Å². The van der Waals surface area contributed by atoms with Crippen molar-refractivity contribution in [2.75, 3.05) is 39.8 Å². The van der Waals surface area contributed by atoms with Crippen LogP contribution in [0.3, 0.4) is 0 Å². The predicted molar refractivity (Wildman–Crippen MR) is 60.7 cm³/mol. The van der Waals surface area contributed by atoms with Crippen molar-refractivity contribution in [2.24, 2.45) is 5.73 Å². The molecule has 0 aromatic carbocycles. The summed E-state index contributed by atoms with van der Waals surface area (Å²) in [5, 5.41) is 2.95. The smallest absolute Gasteiger partial charge is 0.317 e. The normalized spacial score (nSPS) is 20.1. The highest BCUT2D eigenvalue weighted by molar-refractivity contribution is 5.74. The largest absolute Gasteiger partial charge is 0.335 e. The highest BCUT2D eigenvalue weighted by Gasteiger charge is 2.19. The van der Waals surface area contributed by atoms with Crippen LogP contribution in [0.15, 0.2) is 0 Å². The molecule has 1 unspecified atom stereocenters. The first kappa shape index (κ1) is 12.3. The van der Waals surface area contributed by atoms with Crippen molar-refractivity contribution in [3.8, 4) is 0 Å². The van der Waals surface area contributed by atoms with E-state index in [9.17, 15) is 4.79 Å². The minimum absolute atomic E-state index is 0.0454. The van der Waals surface area contributed by atoms with E-state index in [-0.39, 0.29) is 12.1 Å². The summed E-state index contributed by atoms with van der Waals surface area (Å²) in [7, 11) is 2.08. The van der Waals surface area contributed by atoms with Crippen molar-refractivity contribution in [1.29, 1.82) is 0 Å². The van der Waals surface area contributed by atoms with E-state index in [1.807, 2.05) is 11.8 Å². The van der Waals surface area contributed by atoms with E-state index in [2.05, 4.69) is 17.3 Å². The van der Waals surface area contributed by atoms with Crippen LogP contribution in [-0.2, 0) is 0 Å². The van der Waals surface area contributed by atoms with Crippen molar-refractivity contribution in [3.05, 3.63) is 0 Å². The van der Waals surface area contributed by atoms with Gasteiger partial charge < -0.3 is 20.9 Å². The number of likely N-dealkylation sites (N-methyl/N-ethyl adjacent to an activating group) is 1. The van der Waals surface area contributed by atoms with Gasteiger partial charge in [-0.25, -0.2) is 4.79 Å². The third-order valence-corrected chi connectivity index (χ3v) is 2.76. The Labute approximate surface area is 91.6 Å². The molecule has 1 aliphatic rings. The molecule has 1 rings (SSSR count). The van der Waals surface area contributed by atoms with Gasteiger partial charge in [-0.2, -0.15) is 0 Å². The number of urea groups is 1. The summed E-state index contributed by atoms with van der Waals surface area (Å²) < 4.78 is 0. The Kier molecular flexibility index (Phi) is 4.84. The van der Waals surface area contributed by atoms with Gasteiger partial charge in [0.2, 0.25) is 0 Å². The summed E-state index contributed by atoms with van der Waals surface area (Å²) in [6.07, 6.45) is 0.833. The van der Waals surface area contributed by atoms with Gasteiger partial charge in [0.25, 0.3) is 0 Å². The highest BCUT2D eigenvalue weighted by Crippen LogP contribution is 2.00. The molecule has 0 bridgehead atoms. The summed E-state index contributed by atoms with van der Waals surface area (Å²) in [5.74, 6) is 0. The molecule has 0 aliphatic carbocycles. The average molecular weight is 214 g/mol. The second-order valence-corrected chi connectivity index (χ2v) is 4.22. The summed E-state index contributed by atoms with van der Waals surface area (Å²) in [6.45, 7) is 6.15. The van der Waals surface area contributed by atoms with Crippen LogP contribution in [0, 0.1) is 0 Å². The van der Waals surface area contributed by atoms with Crippen molar-refractivity contribution in [3.63, 3.8) is 0 Å². The standard InChI is InChI=1S/C10H22N4O/c1-9(3-4-11)12-10(15)14-7-5-13(2)6-8-14/h9H,3-8,11H2,1-2H3,(H,12,15). The molecule has 15 heavy (non-hydrogen) atoms. The third-order valence-electron chi connectivity index (χ3n) is 2.76. The third kappa shape index (κ3) is 4.05. The Balaban J connectivity index is 2.27. The Morgan fingerprint density at radius 2 is 2.00 bits per heavy atom. The van der Waals surface area contributed by atoms with E-state index in [1.54, 1.807) is 0 Å². The van der Waals surface area contributed by atoms with Crippen molar-refractivity contribution < 1.29 is 4.79 Å². The van der Waals surface area contributed by atoms with Gasteiger partial charge in [-0.15, -0.1) is 0 Å². The molecule has 1 fully saturated rings. The number of piperazine rings is 1. The van der Waals surface area contributed by atoms with Crippen molar-refractivity contribution in [1.82, 2.24) is 15.1 Å². The van der Waals surface area contributed by atoms with Crippen molar-refractivity contribution >= 4 is 6.03 Å². The zero-order valence-corrected chi connectivity index (χ0v) is 9.70. The first-order valence-electron chi connectivity index (χ1n) is 5.57. The number of rotatable bonds is 3. The number of carbonyl (C=O) groups is 1. The molecule has 0 aromatic rings. The fraction of sp³-hybridized carbons (Fsp3) is 0.900. The molecule has 1 saturated heterocycles. The van der Waals surface area contributed by atoms with E-state index < -0.39 is 0 Å². The molecule has 1 heterocycles. The lowest BCUT2D eigenvalue weighted by Crippen LogP contribution is -2.52. The fourth-order valence-electron chi connectivity index (χ4n) is 1.63. The van der Waals surface area contributed by atoms with Crippen LogP contribution in [-0.4, -0.2) is 61.6 Å². The van der Waals surface area contributed by atoms with Crippen LogP contribution in [0.2, 0.25) is 0 Å². The monoisotopic (exact) mass is 214 g/mol. The molecule has 2 amide bonds. The maximum absolute atomic E-state index is 11.7. The fourth-order valence-corrected chi connectivity index (χ4v) is 1.63. The lowest BCUT2D eigenvalue weighted by Gasteiger charge is -2.33. The zero-order valence-electron chi connectivity index (χ0n) is 9.70. The van der Waals surface area contributed by atoms with Crippen LogP contribution >= 0.6 is 0 Å². The Hall–Kier alpha value is -0.810. The minimum Gasteiger partial charge on any atom is -0.335 e. The second-order valence-electron chi connectivity index (χ2n) is 4.22. The molecule has 1 aliphatic heterocycles.